The Morgan fingerprint density at radius 3 is 2.12 bits per heavy atom. The van der Waals surface area contributed by atoms with Gasteiger partial charge in [0.1, 0.15) is 24.4 Å². The number of aliphatic hydroxyl groups is 5. The summed E-state index contributed by atoms with van der Waals surface area (Å²) in [6.07, 6.45) is -7.04. The minimum absolute atomic E-state index is 0.371. The summed E-state index contributed by atoms with van der Waals surface area (Å²) >= 11 is 0. The maximum absolute atomic E-state index is 10.9. The van der Waals surface area contributed by atoms with Crippen LogP contribution in [0.5, 0.6) is 0 Å². The van der Waals surface area contributed by atoms with Crippen LogP contribution >= 0.6 is 0 Å². The fourth-order valence-corrected chi connectivity index (χ4v) is 2.17. The quantitative estimate of drug-likeness (QED) is 0.337. The molecule has 2 aromatic rings. The molecule has 0 saturated carbocycles. The van der Waals surface area contributed by atoms with Crippen molar-refractivity contribution in [1.82, 2.24) is 0 Å². The molecule has 1 aliphatic heterocycles. The first-order valence-electron chi connectivity index (χ1n) is 7.46. The topological polar surface area (TPSA) is 157 Å². The van der Waals surface area contributed by atoms with E-state index in [0.717, 1.165) is 5.69 Å². The highest BCUT2D eigenvalue weighted by Gasteiger charge is 2.42. The van der Waals surface area contributed by atoms with Crippen molar-refractivity contribution in [3.63, 3.8) is 0 Å². The largest absolute Gasteiger partial charge is 0.394 e. The van der Waals surface area contributed by atoms with Gasteiger partial charge in [0.05, 0.1) is 12.3 Å². The van der Waals surface area contributed by atoms with E-state index in [2.05, 4.69) is 10.1 Å². The number of hydrogen-bond donors (Lipinski definition) is 6. The predicted molar refractivity (Wildman–Crippen MR) is 87.1 cm³/mol. The Balaban J connectivity index is 0.000000181. The van der Waals surface area contributed by atoms with Crippen LogP contribution in [-0.4, -0.2) is 62.8 Å². The lowest BCUT2D eigenvalue weighted by Gasteiger charge is -2.37. The molecule has 0 amide bonds. The Kier molecular flexibility index (Phi) is 6.37. The molecule has 0 spiro atoms. The number of hydrogen-bond acceptors (Lipinski definition) is 9. The summed E-state index contributed by atoms with van der Waals surface area (Å²) in [5.41, 5.74) is 0.313. The second-order valence-corrected chi connectivity index (χ2v) is 5.46. The maximum atomic E-state index is 10.9. The van der Waals surface area contributed by atoms with Gasteiger partial charge in [-0.15, -0.1) is 0 Å². The molecule has 1 fully saturated rings. The second-order valence-electron chi connectivity index (χ2n) is 5.46. The van der Waals surface area contributed by atoms with Crippen molar-refractivity contribution < 1.29 is 30.3 Å². The van der Waals surface area contributed by atoms with Gasteiger partial charge in [0.25, 0.3) is 0 Å². The van der Waals surface area contributed by atoms with Crippen molar-refractivity contribution in [3.05, 3.63) is 56.8 Å². The lowest BCUT2D eigenvalue weighted by atomic mass is 10.00. The lowest BCUT2D eigenvalue weighted by molar-refractivity contribution is -0.286. The molecule has 25 heavy (non-hydrogen) atoms. The van der Waals surface area contributed by atoms with Crippen LogP contribution in [0.25, 0.3) is 0 Å². The molecule has 1 heterocycles. The summed E-state index contributed by atoms with van der Waals surface area (Å²) in [6, 6.07) is 10.6. The number of nitrogens with one attached hydrogen (secondary N) is 1. The van der Waals surface area contributed by atoms with Crippen molar-refractivity contribution in [2.45, 2.75) is 30.7 Å². The van der Waals surface area contributed by atoms with E-state index in [1.807, 2.05) is 30.3 Å². The summed E-state index contributed by atoms with van der Waals surface area (Å²) in [7, 11) is 0. The van der Waals surface area contributed by atoms with Gasteiger partial charge in [-0.2, -0.15) is 0 Å². The summed E-state index contributed by atoms with van der Waals surface area (Å²) in [5.74, 6) is 0. The van der Waals surface area contributed by atoms with Crippen molar-refractivity contribution in [1.29, 1.82) is 0 Å². The normalized spacial score (nSPS) is 28.9. The average Bonchev–Trinajstić information content (AvgIpc) is 2.64. The van der Waals surface area contributed by atoms with E-state index in [0.29, 0.717) is 5.69 Å². The number of aliphatic hydroxyl groups excluding tert-OH is 5. The minimum atomic E-state index is -1.57. The molecule has 1 aliphatic rings. The van der Waals surface area contributed by atoms with E-state index in [4.69, 9.17) is 25.5 Å². The van der Waals surface area contributed by atoms with Crippen molar-refractivity contribution >= 4 is 11.4 Å². The zero-order chi connectivity index (χ0) is 18.6. The van der Waals surface area contributed by atoms with Gasteiger partial charge in [-0.1, -0.05) is 18.2 Å². The molecular weight excluding hydrogens is 334 g/mol. The van der Waals surface area contributed by atoms with Crippen LogP contribution in [0.1, 0.15) is 0 Å². The molecule has 3 rings (SSSR count). The molecule has 136 valence electrons. The average molecular weight is 353 g/mol. The molecule has 0 radical (unpaired) electrons. The molecule has 0 aliphatic carbocycles. The highest BCUT2D eigenvalue weighted by Crippen LogP contribution is 2.19. The highest BCUT2D eigenvalue weighted by molar-refractivity contribution is 5.61. The first-order chi connectivity index (χ1) is 11.8. The van der Waals surface area contributed by atoms with E-state index >= 15 is 0 Å². The SMILES string of the molecule is O=c1cc(Nc2ccccc2)c1=O.OC[C@H]1O[C@H](O)[C@@H](O)[C@@H](O)[C@@H]1O. The Labute approximate surface area is 142 Å². The van der Waals surface area contributed by atoms with Gasteiger partial charge >= 0.3 is 0 Å². The Morgan fingerprint density at radius 2 is 1.60 bits per heavy atom. The molecule has 2 aromatic carbocycles. The zero-order valence-electron chi connectivity index (χ0n) is 13.0. The Morgan fingerprint density at radius 1 is 0.960 bits per heavy atom. The Hall–Kier alpha value is -2.14. The molecule has 6 N–H and O–H groups in total. The van der Waals surface area contributed by atoms with Crippen LogP contribution < -0.4 is 16.2 Å². The van der Waals surface area contributed by atoms with Gasteiger partial charge in [0.15, 0.2) is 6.29 Å². The van der Waals surface area contributed by atoms with Crippen molar-refractivity contribution in [3.8, 4) is 0 Å². The predicted octanol–water partition coefficient (Wildman–Crippen LogP) is -2.20. The number of ether oxygens (including phenoxy) is 1. The fraction of sp³-hybridized carbons (Fsp3) is 0.375. The van der Waals surface area contributed by atoms with Gasteiger partial charge in [0.2, 0.25) is 10.9 Å². The molecule has 0 aromatic heterocycles. The number of rotatable bonds is 3. The van der Waals surface area contributed by atoms with E-state index < -0.39 is 48.2 Å². The van der Waals surface area contributed by atoms with Gasteiger partial charge < -0.3 is 35.6 Å². The molecule has 9 nitrogen and oxygen atoms in total. The maximum Gasteiger partial charge on any atom is 0.249 e. The third-order valence-electron chi connectivity index (χ3n) is 3.66. The van der Waals surface area contributed by atoms with E-state index in [1.54, 1.807) is 0 Å². The summed E-state index contributed by atoms with van der Waals surface area (Å²) in [4.78, 5) is 21.5. The minimum Gasteiger partial charge on any atom is -0.394 e. The van der Waals surface area contributed by atoms with E-state index in [9.17, 15) is 9.59 Å². The highest BCUT2D eigenvalue weighted by atomic mass is 16.6. The number of anilines is 2. The van der Waals surface area contributed by atoms with Crippen LogP contribution in [0.4, 0.5) is 11.4 Å². The molecule has 0 unspecified atom stereocenters. The molecular formula is C16H19NO8. The molecule has 5 atom stereocenters. The van der Waals surface area contributed by atoms with Crippen LogP contribution in [0, 0.1) is 0 Å². The van der Waals surface area contributed by atoms with Crippen molar-refractivity contribution in [2.24, 2.45) is 0 Å². The second kappa shape index (κ2) is 8.30. The third-order valence-corrected chi connectivity index (χ3v) is 3.66. The molecule has 0 bridgehead atoms. The monoisotopic (exact) mass is 353 g/mol. The van der Waals surface area contributed by atoms with E-state index in [1.165, 1.54) is 6.07 Å². The van der Waals surface area contributed by atoms with Gasteiger partial charge in [-0.3, -0.25) is 9.59 Å². The third kappa shape index (κ3) is 4.48. The Bertz CT molecular complexity index is 737. The zero-order valence-corrected chi connectivity index (χ0v) is 13.0. The molecule has 1 saturated heterocycles. The number of benzene rings is 1. The summed E-state index contributed by atoms with van der Waals surface area (Å²) in [6.45, 7) is -0.526. The molecule has 9 heteroatoms. The smallest absolute Gasteiger partial charge is 0.249 e. The van der Waals surface area contributed by atoms with Crippen molar-refractivity contribution in [2.75, 3.05) is 11.9 Å². The van der Waals surface area contributed by atoms with Gasteiger partial charge in [-0.05, 0) is 12.1 Å². The van der Waals surface area contributed by atoms with Gasteiger partial charge in [-0.25, -0.2) is 0 Å². The van der Waals surface area contributed by atoms with Crippen LogP contribution in [0.2, 0.25) is 0 Å². The van der Waals surface area contributed by atoms with E-state index in [-0.39, 0.29) is 0 Å². The van der Waals surface area contributed by atoms with Crippen LogP contribution in [0.15, 0.2) is 46.0 Å². The number of para-hydroxylation sites is 1. The van der Waals surface area contributed by atoms with Crippen LogP contribution in [0.3, 0.4) is 0 Å². The first kappa shape index (κ1) is 19.2. The van der Waals surface area contributed by atoms with Gasteiger partial charge in [0, 0.05) is 11.8 Å². The lowest BCUT2D eigenvalue weighted by Crippen LogP contribution is -2.58. The van der Waals surface area contributed by atoms with Crippen LogP contribution in [-0.2, 0) is 4.74 Å². The first-order valence-corrected chi connectivity index (χ1v) is 7.46. The summed E-state index contributed by atoms with van der Waals surface area (Å²) in [5, 5.41) is 47.5. The standard InChI is InChI=1S/C10H7NO2.C6H12O6/c12-9-6-8(10(9)13)11-7-4-2-1-3-5-7;7-1-2-3(8)4(9)5(10)6(11)12-2/h1-6,11H;2-11H,1H2/t;2-,3-,4+,5+,6+/m.1/s1. The fourth-order valence-electron chi connectivity index (χ4n) is 2.17. The summed E-state index contributed by atoms with van der Waals surface area (Å²) < 4.78 is 4.58.